The summed E-state index contributed by atoms with van der Waals surface area (Å²) in [6.45, 7) is 0. The van der Waals surface area contributed by atoms with E-state index in [1.165, 1.54) is 20.2 Å². The van der Waals surface area contributed by atoms with E-state index in [0.717, 1.165) is 59.6 Å². The molecule has 0 fully saturated rings. The van der Waals surface area contributed by atoms with Crippen LogP contribution < -0.4 is 0 Å². The van der Waals surface area contributed by atoms with E-state index in [-0.39, 0.29) is 0 Å². The lowest BCUT2D eigenvalue weighted by atomic mass is 10.0. The summed E-state index contributed by atoms with van der Waals surface area (Å²) in [6, 6.07) is 52.1. The average Bonchev–Trinajstić information content (AvgIpc) is 3.76. The van der Waals surface area contributed by atoms with Crippen LogP contribution in [0.3, 0.4) is 0 Å². The van der Waals surface area contributed by atoms with Gasteiger partial charge < -0.3 is 0 Å². The largest absolute Gasteiger partial charge is 0.226 e. The topological polar surface area (TPSA) is 64.5 Å². The molecule has 50 heavy (non-hydrogen) atoms. The second-order valence-electron chi connectivity index (χ2n) is 12.1. The normalized spacial score (nSPS) is 11.6. The third-order valence-electron chi connectivity index (χ3n) is 8.96. The molecule has 5 nitrogen and oxygen atoms in total. The first-order chi connectivity index (χ1) is 24.8. The molecule has 0 aliphatic carbocycles. The van der Waals surface area contributed by atoms with Crippen LogP contribution in [0.4, 0.5) is 0 Å². The summed E-state index contributed by atoms with van der Waals surface area (Å²) in [4.78, 5) is 25.3. The molecule has 0 radical (unpaired) electrons. The third kappa shape index (κ3) is 4.86. The SMILES string of the molecule is c1ccc(-c2nc(-c3ccccc3)nc(-c3ccc4c(c3)sc3cccc(-c5nc(-c6ccccc6)nc6c5sc5ccccc56)c34)n2)cc1. The van der Waals surface area contributed by atoms with Gasteiger partial charge in [0.25, 0.3) is 0 Å². The fourth-order valence-corrected chi connectivity index (χ4v) is 8.91. The van der Waals surface area contributed by atoms with Crippen LogP contribution in [-0.2, 0) is 0 Å². The van der Waals surface area contributed by atoms with E-state index in [0.29, 0.717) is 17.5 Å². The van der Waals surface area contributed by atoms with Crippen molar-refractivity contribution in [3.8, 4) is 56.8 Å². The Bertz CT molecular complexity index is 2810. The van der Waals surface area contributed by atoms with Crippen molar-refractivity contribution >= 4 is 63.1 Å². The van der Waals surface area contributed by atoms with Gasteiger partial charge in [-0.3, -0.25) is 0 Å². The highest BCUT2D eigenvalue weighted by molar-refractivity contribution is 7.26. The summed E-state index contributed by atoms with van der Waals surface area (Å²) in [5, 5.41) is 3.53. The minimum Gasteiger partial charge on any atom is -0.226 e. The minimum absolute atomic E-state index is 0.646. The van der Waals surface area contributed by atoms with Crippen LogP contribution in [0.15, 0.2) is 152 Å². The zero-order chi connectivity index (χ0) is 33.0. The van der Waals surface area contributed by atoms with Gasteiger partial charge >= 0.3 is 0 Å². The van der Waals surface area contributed by atoms with Crippen molar-refractivity contribution in [2.75, 3.05) is 0 Å². The van der Waals surface area contributed by atoms with Crippen LogP contribution in [-0.4, -0.2) is 24.9 Å². The number of nitrogens with zero attached hydrogens (tertiary/aromatic N) is 5. The number of thiophene rings is 2. The monoisotopic (exact) mass is 675 g/mol. The molecule has 0 spiro atoms. The van der Waals surface area contributed by atoms with Gasteiger partial charge in [0.1, 0.15) is 0 Å². The molecule has 234 valence electrons. The van der Waals surface area contributed by atoms with Gasteiger partial charge in [-0.15, -0.1) is 22.7 Å². The third-order valence-corrected chi connectivity index (χ3v) is 11.2. The Hall–Kier alpha value is -6.15. The number of hydrogen-bond donors (Lipinski definition) is 0. The van der Waals surface area contributed by atoms with Gasteiger partial charge in [-0.25, -0.2) is 24.9 Å². The molecule has 10 aromatic rings. The number of benzene rings is 6. The van der Waals surface area contributed by atoms with Crippen molar-refractivity contribution in [1.29, 1.82) is 0 Å². The molecule has 0 amide bonds. The molecule has 7 heteroatoms. The average molecular weight is 676 g/mol. The number of rotatable bonds is 5. The van der Waals surface area contributed by atoms with Crippen LogP contribution in [0.25, 0.3) is 97.3 Å². The standard InChI is InChI=1S/C43H25N5S2/c1-4-13-26(14-5-1)40-44-37-31-19-10-11-21-33(31)50-39(37)38(45-40)32-20-12-22-34-36(32)30-24-23-29(25-35(30)49-34)43-47-41(27-15-6-2-7-16-27)46-42(48-43)28-17-8-3-9-18-28/h1-25H. The molecule has 6 aromatic carbocycles. The maximum absolute atomic E-state index is 5.29. The second-order valence-corrected chi connectivity index (χ2v) is 14.2. The van der Waals surface area contributed by atoms with Crippen LogP contribution in [0, 0.1) is 0 Å². The zero-order valence-electron chi connectivity index (χ0n) is 26.5. The maximum Gasteiger partial charge on any atom is 0.164 e. The van der Waals surface area contributed by atoms with E-state index >= 15 is 0 Å². The van der Waals surface area contributed by atoms with Crippen molar-refractivity contribution in [2.24, 2.45) is 0 Å². The summed E-state index contributed by atoms with van der Waals surface area (Å²) >= 11 is 3.54. The molecule has 0 aliphatic rings. The van der Waals surface area contributed by atoms with Crippen LogP contribution >= 0.6 is 22.7 Å². The Morgan fingerprint density at radius 3 is 1.58 bits per heavy atom. The van der Waals surface area contributed by atoms with Crippen molar-refractivity contribution in [3.05, 3.63) is 152 Å². The molecule has 0 saturated carbocycles. The van der Waals surface area contributed by atoms with Crippen molar-refractivity contribution in [3.63, 3.8) is 0 Å². The van der Waals surface area contributed by atoms with Crippen LogP contribution in [0.2, 0.25) is 0 Å². The highest BCUT2D eigenvalue weighted by Gasteiger charge is 2.20. The van der Waals surface area contributed by atoms with Crippen molar-refractivity contribution < 1.29 is 0 Å². The van der Waals surface area contributed by atoms with E-state index in [1.54, 1.807) is 22.7 Å². The molecule has 10 rings (SSSR count). The van der Waals surface area contributed by atoms with Gasteiger partial charge in [0, 0.05) is 58.1 Å². The Morgan fingerprint density at radius 2 is 0.920 bits per heavy atom. The van der Waals surface area contributed by atoms with E-state index in [1.807, 2.05) is 78.9 Å². The summed E-state index contributed by atoms with van der Waals surface area (Å²) in [5.41, 5.74) is 6.91. The fraction of sp³-hybridized carbons (Fsp3) is 0. The molecule has 4 heterocycles. The lowest BCUT2D eigenvalue weighted by Gasteiger charge is -2.09. The van der Waals surface area contributed by atoms with E-state index in [9.17, 15) is 0 Å². The lowest BCUT2D eigenvalue weighted by Crippen LogP contribution is -2.00. The van der Waals surface area contributed by atoms with Gasteiger partial charge in [0.05, 0.1) is 15.9 Å². The predicted molar refractivity (Wildman–Crippen MR) is 208 cm³/mol. The van der Waals surface area contributed by atoms with Gasteiger partial charge in [-0.05, 0) is 18.2 Å². The highest BCUT2D eigenvalue weighted by Crippen LogP contribution is 2.45. The number of fused-ring (bicyclic) bond motifs is 6. The van der Waals surface area contributed by atoms with Gasteiger partial charge in [-0.2, -0.15) is 0 Å². The molecular formula is C43H25N5S2. The molecular weight excluding hydrogens is 651 g/mol. The Labute approximate surface area is 295 Å². The van der Waals surface area contributed by atoms with Crippen molar-refractivity contribution in [1.82, 2.24) is 24.9 Å². The Morgan fingerprint density at radius 1 is 0.360 bits per heavy atom. The van der Waals surface area contributed by atoms with Gasteiger partial charge in [0.2, 0.25) is 0 Å². The van der Waals surface area contributed by atoms with E-state index in [4.69, 9.17) is 24.9 Å². The first kappa shape index (κ1) is 28.8. The first-order valence-electron chi connectivity index (χ1n) is 16.3. The molecule has 0 atom stereocenters. The maximum atomic E-state index is 5.29. The highest BCUT2D eigenvalue weighted by atomic mass is 32.1. The lowest BCUT2D eigenvalue weighted by molar-refractivity contribution is 1.07. The second kappa shape index (κ2) is 11.8. The minimum atomic E-state index is 0.646. The van der Waals surface area contributed by atoms with E-state index < -0.39 is 0 Å². The molecule has 0 N–H and O–H groups in total. The summed E-state index contributed by atoms with van der Waals surface area (Å²) < 4.78 is 4.67. The predicted octanol–water partition coefficient (Wildman–Crippen LogP) is 11.7. The summed E-state index contributed by atoms with van der Waals surface area (Å²) in [5.74, 6) is 2.68. The van der Waals surface area contributed by atoms with Gasteiger partial charge in [-0.1, -0.05) is 133 Å². The smallest absolute Gasteiger partial charge is 0.164 e. The van der Waals surface area contributed by atoms with Gasteiger partial charge in [0.15, 0.2) is 23.3 Å². The number of hydrogen-bond acceptors (Lipinski definition) is 7. The Balaban J connectivity index is 1.18. The summed E-state index contributed by atoms with van der Waals surface area (Å²) in [7, 11) is 0. The van der Waals surface area contributed by atoms with Crippen LogP contribution in [0.5, 0.6) is 0 Å². The fourth-order valence-electron chi connectivity index (χ4n) is 6.59. The molecule has 0 bridgehead atoms. The van der Waals surface area contributed by atoms with Crippen molar-refractivity contribution in [2.45, 2.75) is 0 Å². The number of aromatic nitrogens is 5. The Kier molecular flexibility index (Phi) is 6.79. The molecule has 0 aliphatic heterocycles. The molecule has 4 aromatic heterocycles. The van der Waals surface area contributed by atoms with E-state index in [2.05, 4.69) is 72.8 Å². The van der Waals surface area contributed by atoms with Crippen LogP contribution in [0.1, 0.15) is 0 Å². The quantitative estimate of drug-likeness (QED) is 0.182. The molecule has 0 saturated heterocycles. The summed E-state index contributed by atoms with van der Waals surface area (Å²) in [6.07, 6.45) is 0. The first-order valence-corrected chi connectivity index (χ1v) is 18.0. The zero-order valence-corrected chi connectivity index (χ0v) is 28.1. The molecule has 0 unspecified atom stereocenters.